The number of likely N-dealkylation sites (tertiary alicyclic amines) is 1. The van der Waals surface area contributed by atoms with E-state index in [1.54, 1.807) is 0 Å². The molecule has 4 rings (SSSR count). The molecule has 0 atom stereocenters. The molecule has 0 bridgehead atoms. The number of nitrogens with zero attached hydrogens (tertiary/aromatic N) is 4. The number of carboxylic acid groups (broad SMARTS) is 1. The minimum Gasteiger partial charge on any atom is -0.481 e. The number of carboxylic acids is 1. The average molecular weight is 455 g/mol. The maximum Gasteiger partial charge on any atom is 0.309 e. The van der Waals surface area contributed by atoms with Gasteiger partial charge in [-0.1, -0.05) is 38.4 Å². The number of pyridine rings is 1. The summed E-state index contributed by atoms with van der Waals surface area (Å²) in [6.07, 6.45) is 5.97. The number of hydrogen-bond acceptors (Lipinski definition) is 5. The Morgan fingerprint density at radius 3 is 2.59 bits per heavy atom. The largest absolute Gasteiger partial charge is 0.481 e. The van der Waals surface area contributed by atoms with Gasteiger partial charge < -0.3 is 14.9 Å². The van der Waals surface area contributed by atoms with Crippen molar-refractivity contribution in [2.24, 2.45) is 11.8 Å². The van der Waals surface area contributed by atoms with Crippen LogP contribution in [0.4, 0.5) is 11.4 Å². The molecule has 3 heterocycles. The topological polar surface area (TPSA) is 59.9 Å². The Labute approximate surface area is 195 Å². The van der Waals surface area contributed by atoms with E-state index in [2.05, 4.69) is 72.1 Å². The molecule has 0 radical (unpaired) electrons. The van der Waals surface area contributed by atoms with Crippen molar-refractivity contribution in [2.75, 3.05) is 29.6 Å². The first-order chi connectivity index (χ1) is 15.3. The molecule has 0 aliphatic carbocycles. The summed E-state index contributed by atoms with van der Waals surface area (Å²) in [7, 11) is 0. The SMILES string of the molecule is CCc1nc(CN2CC(C(=O)O)C2)ccc1N1C=CN(c2ccc(CC(C)C)c(Cl)c2)C1. The van der Waals surface area contributed by atoms with Crippen LogP contribution in [0.1, 0.15) is 37.7 Å². The first-order valence-electron chi connectivity index (χ1n) is 11.3. The number of aryl methyl sites for hydroxylation is 1. The van der Waals surface area contributed by atoms with E-state index < -0.39 is 5.97 Å². The number of carbonyl (C=O) groups is 1. The molecule has 1 fully saturated rings. The second kappa shape index (κ2) is 9.51. The lowest BCUT2D eigenvalue weighted by Crippen LogP contribution is -2.49. The smallest absolute Gasteiger partial charge is 0.309 e. The zero-order valence-electron chi connectivity index (χ0n) is 19.0. The van der Waals surface area contributed by atoms with Gasteiger partial charge in [0.05, 0.1) is 29.7 Å². The second-order valence-electron chi connectivity index (χ2n) is 9.10. The summed E-state index contributed by atoms with van der Waals surface area (Å²) >= 11 is 6.54. The van der Waals surface area contributed by atoms with Crippen LogP contribution in [-0.2, 0) is 24.2 Å². The zero-order chi connectivity index (χ0) is 22.8. The molecule has 0 unspecified atom stereocenters. The van der Waals surface area contributed by atoms with Gasteiger partial charge >= 0.3 is 5.97 Å². The van der Waals surface area contributed by atoms with Crippen LogP contribution in [0, 0.1) is 11.8 Å². The third-order valence-electron chi connectivity index (χ3n) is 6.07. The average Bonchev–Trinajstić information content (AvgIpc) is 3.21. The number of hydrogen-bond donors (Lipinski definition) is 1. The van der Waals surface area contributed by atoms with Crippen molar-refractivity contribution >= 4 is 28.9 Å². The number of aromatic nitrogens is 1. The Balaban J connectivity index is 1.42. The standard InChI is InChI=1S/C25H31ClN4O2/c1-4-23-24(8-6-20(27-23)15-28-13-19(14-28)25(31)32)30-10-9-29(16-30)21-7-5-18(11-17(2)3)22(26)12-21/h5-10,12,17,19H,4,11,13-16H2,1-3H3,(H,31,32). The lowest BCUT2D eigenvalue weighted by molar-refractivity contribution is -0.147. The molecule has 7 heteroatoms. The van der Waals surface area contributed by atoms with E-state index in [1.807, 2.05) is 6.07 Å². The van der Waals surface area contributed by atoms with Crippen LogP contribution in [0.2, 0.25) is 5.02 Å². The Kier molecular flexibility index (Phi) is 6.72. The van der Waals surface area contributed by atoms with Gasteiger partial charge in [-0.05, 0) is 48.6 Å². The van der Waals surface area contributed by atoms with Crippen LogP contribution in [0.15, 0.2) is 42.7 Å². The molecule has 2 aliphatic rings. The Bertz CT molecular complexity index is 1020. The van der Waals surface area contributed by atoms with Gasteiger partial charge in [-0.15, -0.1) is 0 Å². The minimum atomic E-state index is -0.708. The van der Waals surface area contributed by atoms with Crippen molar-refractivity contribution in [3.05, 3.63) is 64.7 Å². The zero-order valence-corrected chi connectivity index (χ0v) is 19.7. The van der Waals surface area contributed by atoms with Crippen molar-refractivity contribution in [3.8, 4) is 0 Å². The van der Waals surface area contributed by atoms with Crippen LogP contribution < -0.4 is 9.80 Å². The van der Waals surface area contributed by atoms with Crippen molar-refractivity contribution in [1.29, 1.82) is 0 Å². The second-order valence-corrected chi connectivity index (χ2v) is 9.51. The van der Waals surface area contributed by atoms with E-state index in [1.165, 1.54) is 5.56 Å². The van der Waals surface area contributed by atoms with Crippen LogP contribution in [0.5, 0.6) is 0 Å². The summed E-state index contributed by atoms with van der Waals surface area (Å²) in [6.45, 7) is 9.12. The molecule has 1 saturated heterocycles. The monoisotopic (exact) mass is 454 g/mol. The van der Waals surface area contributed by atoms with Gasteiger partial charge in [0.1, 0.15) is 0 Å². The summed E-state index contributed by atoms with van der Waals surface area (Å²) < 4.78 is 0. The maximum absolute atomic E-state index is 11.0. The molecule has 0 amide bonds. The number of anilines is 2. The predicted octanol–water partition coefficient (Wildman–Crippen LogP) is 4.77. The fourth-order valence-electron chi connectivity index (χ4n) is 4.30. The quantitative estimate of drug-likeness (QED) is 0.620. The highest BCUT2D eigenvalue weighted by molar-refractivity contribution is 6.31. The van der Waals surface area contributed by atoms with Crippen LogP contribution in [-0.4, -0.2) is 40.7 Å². The molecule has 1 aromatic carbocycles. The van der Waals surface area contributed by atoms with Gasteiger partial charge in [-0.2, -0.15) is 0 Å². The summed E-state index contributed by atoms with van der Waals surface area (Å²) in [6, 6.07) is 10.5. The molecular formula is C25H31ClN4O2. The Morgan fingerprint density at radius 1 is 1.19 bits per heavy atom. The molecule has 1 aromatic heterocycles. The fraction of sp³-hybridized carbons (Fsp3) is 0.440. The summed E-state index contributed by atoms with van der Waals surface area (Å²) in [5, 5.41) is 9.88. The predicted molar refractivity (Wildman–Crippen MR) is 129 cm³/mol. The third kappa shape index (κ3) is 4.92. The maximum atomic E-state index is 11.0. The van der Waals surface area contributed by atoms with E-state index in [9.17, 15) is 4.79 Å². The summed E-state index contributed by atoms with van der Waals surface area (Å²) in [5.74, 6) is -0.378. The Morgan fingerprint density at radius 2 is 1.94 bits per heavy atom. The van der Waals surface area contributed by atoms with Crippen LogP contribution >= 0.6 is 11.6 Å². The van der Waals surface area contributed by atoms with Crippen LogP contribution in [0.3, 0.4) is 0 Å². The summed E-state index contributed by atoms with van der Waals surface area (Å²) in [5.41, 5.74) is 5.41. The highest BCUT2D eigenvalue weighted by atomic mass is 35.5. The van der Waals surface area contributed by atoms with Gasteiger partial charge in [0.25, 0.3) is 0 Å². The van der Waals surface area contributed by atoms with Crippen molar-refractivity contribution in [1.82, 2.24) is 9.88 Å². The van der Waals surface area contributed by atoms with Crippen molar-refractivity contribution in [2.45, 2.75) is 40.2 Å². The number of benzene rings is 1. The molecular weight excluding hydrogens is 424 g/mol. The Hall–Kier alpha value is -2.57. The van der Waals surface area contributed by atoms with Gasteiger partial charge in [0, 0.05) is 42.7 Å². The molecule has 6 nitrogen and oxygen atoms in total. The molecule has 32 heavy (non-hydrogen) atoms. The van der Waals surface area contributed by atoms with E-state index in [0.717, 1.165) is 40.6 Å². The number of halogens is 1. The lowest BCUT2D eigenvalue weighted by Gasteiger charge is -2.36. The van der Waals surface area contributed by atoms with Crippen molar-refractivity contribution in [3.63, 3.8) is 0 Å². The molecule has 0 spiro atoms. The van der Waals surface area contributed by atoms with E-state index in [-0.39, 0.29) is 5.92 Å². The molecule has 170 valence electrons. The first kappa shape index (κ1) is 22.6. The molecule has 0 saturated carbocycles. The number of rotatable bonds is 8. The fourth-order valence-corrected chi connectivity index (χ4v) is 4.55. The lowest BCUT2D eigenvalue weighted by atomic mass is 10.0. The van der Waals surface area contributed by atoms with Crippen molar-refractivity contribution < 1.29 is 9.90 Å². The first-order valence-corrected chi connectivity index (χ1v) is 11.7. The van der Waals surface area contributed by atoms with Gasteiger partial charge in [-0.25, -0.2) is 0 Å². The highest BCUT2D eigenvalue weighted by Gasteiger charge is 2.32. The van der Waals surface area contributed by atoms with E-state index in [0.29, 0.717) is 32.2 Å². The molecule has 2 aromatic rings. The normalized spacial score (nSPS) is 16.8. The van der Waals surface area contributed by atoms with E-state index >= 15 is 0 Å². The highest BCUT2D eigenvalue weighted by Crippen LogP contribution is 2.30. The molecule has 1 N–H and O–H groups in total. The number of aliphatic carboxylic acids is 1. The van der Waals surface area contributed by atoms with Gasteiger partial charge in [0.15, 0.2) is 0 Å². The van der Waals surface area contributed by atoms with Gasteiger partial charge in [0.2, 0.25) is 0 Å². The summed E-state index contributed by atoms with van der Waals surface area (Å²) in [4.78, 5) is 22.4. The molecule has 2 aliphatic heterocycles. The third-order valence-corrected chi connectivity index (χ3v) is 6.42. The minimum absolute atomic E-state index is 0.242. The van der Waals surface area contributed by atoms with E-state index in [4.69, 9.17) is 21.7 Å². The van der Waals surface area contributed by atoms with Gasteiger partial charge in [-0.3, -0.25) is 14.7 Å². The van der Waals surface area contributed by atoms with Crippen LogP contribution in [0.25, 0.3) is 0 Å².